The van der Waals surface area contributed by atoms with Gasteiger partial charge in [-0.2, -0.15) is 0 Å². The second-order valence-corrected chi connectivity index (χ2v) is 6.26. The summed E-state index contributed by atoms with van der Waals surface area (Å²) in [6.45, 7) is 3.84. The highest BCUT2D eigenvalue weighted by Gasteiger charge is 2.22. The minimum atomic E-state index is -1.03. The van der Waals surface area contributed by atoms with Gasteiger partial charge in [-0.25, -0.2) is 5.43 Å². The lowest BCUT2D eigenvalue weighted by Gasteiger charge is -2.20. The van der Waals surface area contributed by atoms with Gasteiger partial charge < -0.3 is 15.6 Å². The van der Waals surface area contributed by atoms with E-state index in [0.29, 0.717) is 11.1 Å². The van der Waals surface area contributed by atoms with E-state index in [1.165, 1.54) is 0 Å². The molecule has 0 spiro atoms. The number of anilines is 1. The minimum absolute atomic E-state index is 0.0897. The van der Waals surface area contributed by atoms with Gasteiger partial charge in [0.15, 0.2) is 0 Å². The van der Waals surface area contributed by atoms with Crippen LogP contribution in [0.25, 0.3) is 0 Å². The first-order chi connectivity index (χ1) is 11.5. The third kappa shape index (κ3) is 5.19. The standard InChI is InChI=1S/C18H19BrN2O3/c1-12(17(22)13-7-9-14(19)10-8-13)11-16(18(23)24)21-20-15-5-3-2-4-6-15/h2-10,16-17,20-22H,1,11H2,(H,23,24). The van der Waals surface area contributed by atoms with Crippen LogP contribution in [0.3, 0.4) is 0 Å². The second-order valence-electron chi connectivity index (χ2n) is 5.34. The lowest BCUT2D eigenvalue weighted by Crippen LogP contribution is -2.40. The van der Waals surface area contributed by atoms with Crippen molar-refractivity contribution in [2.45, 2.75) is 18.6 Å². The highest BCUT2D eigenvalue weighted by molar-refractivity contribution is 9.10. The van der Waals surface area contributed by atoms with Crippen molar-refractivity contribution in [3.05, 3.63) is 76.8 Å². The molecule has 0 radical (unpaired) electrons. The number of benzene rings is 2. The van der Waals surface area contributed by atoms with E-state index in [4.69, 9.17) is 0 Å². The van der Waals surface area contributed by atoms with Crippen molar-refractivity contribution in [3.63, 3.8) is 0 Å². The summed E-state index contributed by atoms with van der Waals surface area (Å²) in [5.74, 6) is -1.03. The number of hydrazine groups is 1. The number of aliphatic hydroxyl groups excluding tert-OH is 1. The summed E-state index contributed by atoms with van der Waals surface area (Å²) in [6, 6.07) is 15.4. The Morgan fingerprint density at radius 1 is 1.12 bits per heavy atom. The van der Waals surface area contributed by atoms with Crippen LogP contribution < -0.4 is 10.9 Å². The van der Waals surface area contributed by atoms with Crippen molar-refractivity contribution in [3.8, 4) is 0 Å². The van der Waals surface area contributed by atoms with Crippen molar-refractivity contribution >= 4 is 27.6 Å². The third-order valence-electron chi connectivity index (χ3n) is 3.50. The number of aliphatic carboxylic acids is 1. The van der Waals surface area contributed by atoms with Crippen LogP contribution in [-0.2, 0) is 4.79 Å². The quantitative estimate of drug-likeness (QED) is 0.409. The van der Waals surface area contributed by atoms with Gasteiger partial charge in [-0.05, 0) is 41.8 Å². The Bertz CT molecular complexity index is 689. The molecule has 2 atom stereocenters. The topological polar surface area (TPSA) is 81.6 Å². The maximum atomic E-state index is 11.4. The summed E-state index contributed by atoms with van der Waals surface area (Å²) in [4.78, 5) is 11.4. The van der Waals surface area contributed by atoms with Gasteiger partial charge in [-0.15, -0.1) is 0 Å². The zero-order chi connectivity index (χ0) is 17.5. The molecule has 0 aliphatic heterocycles. The fourth-order valence-electron chi connectivity index (χ4n) is 2.15. The molecule has 2 unspecified atom stereocenters. The molecule has 4 N–H and O–H groups in total. The van der Waals surface area contributed by atoms with Crippen molar-refractivity contribution in [2.75, 3.05) is 5.43 Å². The Hall–Kier alpha value is -2.15. The van der Waals surface area contributed by atoms with Crippen LogP contribution >= 0.6 is 15.9 Å². The highest BCUT2D eigenvalue weighted by Crippen LogP contribution is 2.25. The predicted octanol–water partition coefficient (Wildman–Crippen LogP) is 3.50. The lowest BCUT2D eigenvalue weighted by molar-refractivity contribution is -0.139. The molecule has 0 bridgehead atoms. The zero-order valence-electron chi connectivity index (χ0n) is 12.9. The third-order valence-corrected chi connectivity index (χ3v) is 4.03. The number of nitrogens with one attached hydrogen (secondary N) is 2. The largest absolute Gasteiger partial charge is 0.480 e. The van der Waals surface area contributed by atoms with Gasteiger partial charge in [-0.3, -0.25) is 4.79 Å². The van der Waals surface area contributed by atoms with Crippen molar-refractivity contribution in [2.24, 2.45) is 0 Å². The number of carboxylic acid groups (broad SMARTS) is 1. The predicted molar refractivity (Wildman–Crippen MR) is 97.5 cm³/mol. The maximum absolute atomic E-state index is 11.4. The Balaban J connectivity index is 1.97. The van der Waals surface area contributed by atoms with Crippen LogP contribution in [0.1, 0.15) is 18.1 Å². The van der Waals surface area contributed by atoms with Gasteiger partial charge in [0.1, 0.15) is 6.04 Å². The fourth-order valence-corrected chi connectivity index (χ4v) is 2.41. The van der Waals surface area contributed by atoms with Gasteiger partial charge in [0.05, 0.1) is 6.10 Å². The average Bonchev–Trinajstić information content (AvgIpc) is 2.59. The molecule has 0 saturated heterocycles. The smallest absolute Gasteiger partial charge is 0.322 e. The average molecular weight is 391 g/mol. The van der Waals surface area contributed by atoms with E-state index in [-0.39, 0.29) is 6.42 Å². The zero-order valence-corrected chi connectivity index (χ0v) is 14.5. The summed E-state index contributed by atoms with van der Waals surface area (Å²) < 4.78 is 0.904. The summed E-state index contributed by atoms with van der Waals surface area (Å²) in [7, 11) is 0. The summed E-state index contributed by atoms with van der Waals surface area (Å²) in [6.07, 6.45) is -0.828. The van der Waals surface area contributed by atoms with Crippen molar-refractivity contribution in [1.82, 2.24) is 5.43 Å². The lowest BCUT2D eigenvalue weighted by atomic mass is 9.97. The Labute approximate surface area is 149 Å². The molecule has 5 nitrogen and oxygen atoms in total. The SMILES string of the molecule is C=C(CC(NNc1ccccc1)C(=O)O)C(O)c1ccc(Br)cc1. The molecule has 0 heterocycles. The number of para-hydroxylation sites is 1. The molecule has 0 aliphatic carbocycles. The van der Waals surface area contributed by atoms with Crippen molar-refractivity contribution in [1.29, 1.82) is 0 Å². The number of aliphatic hydroxyl groups is 1. The Morgan fingerprint density at radius 2 is 1.75 bits per heavy atom. The van der Waals surface area contributed by atoms with E-state index in [2.05, 4.69) is 33.4 Å². The van der Waals surface area contributed by atoms with Gasteiger partial charge in [-0.1, -0.05) is 52.8 Å². The molecule has 0 aromatic heterocycles. The Kier molecular flexibility index (Phi) is 6.54. The molecule has 24 heavy (non-hydrogen) atoms. The van der Waals surface area contributed by atoms with Crippen LogP contribution in [-0.4, -0.2) is 22.2 Å². The number of carboxylic acids is 1. The highest BCUT2D eigenvalue weighted by atomic mass is 79.9. The number of hydrogen-bond acceptors (Lipinski definition) is 4. The van der Waals surface area contributed by atoms with Crippen LogP contribution in [0.4, 0.5) is 5.69 Å². The number of halogens is 1. The molecule has 2 rings (SSSR count). The molecule has 0 fully saturated rings. The molecule has 0 saturated carbocycles. The number of hydrogen-bond donors (Lipinski definition) is 4. The summed E-state index contributed by atoms with van der Waals surface area (Å²) in [5.41, 5.74) is 7.46. The van der Waals surface area contributed by atoms with Crippen LogP contribution in [0.5, 0.6) is 0 Å². The van der Waals surface area contributed by atoms with E-state index >= 15 is 0 Å². The van der Waals surface area contributed by atoms with Crippen LogP contribution in [0, 0.1) is 0 Å². The first kappa shape index (κ1) is 18.2. The fraction of sp³-hybridized carbons (Fsp3) is 0.167. The van der Waals surface area contributed by atoms with Gasteiger partial charge >= 0.3 is 5.97 Å². The molecular weight excluding hydrogens is 372 g/mol. The molecule has 0 amide bonds. The van der Waals surface area contributed by atoms with Crippen molar-refractivity contribution < 1.29 is 15.0 Å². The van der Waals surface area contributed by atoms with Gasteiger partial charge in [0.2, 0.25) is 0 Å². The molecule has 0 aliphatic rings. The maximum Gasteiger partial charge on any atom is 0.322 e. The van der Waals surface area contributed by atoms with E-state index < -0.39 is 18.1 Å². The number of carbonyl (C=O) groups is 1. The Morgan fingerprint density at radius 3 is 2.33 bits per heavy atom. The summed E-state index contributed by atoms with van der Waals surface area (Å²) in [5, 5.41) is 19.7. The first-order valence-corrected chi connectivity index (χ1v) is 8.17. The van der Waals surface area contributed by atoms with Gasteiger partial charge in [0, 0.05) is 10.2 Å². The minimum Gasteiger partial charge on any atom is -0.480 e. The van der Waals surface area contributed by atoms with E-state index in [1.54, 1.807) is 12.1 Å². The molecule has 2 aromatic carbocycles. The normalized spacial score (nSPS) is 13.1. The molecular formula is C18H19BrN2O3. The number of rotatable bonds is 8. The van der Waals surface area contributed by atoms with E-state index in [1.807, 2.05) is 42.5 Å². The van der Waals surface area contributed by atoms with Crippen LogP contribution in [0.15, 0.2) is 71.2 Å². The molecule has 6 heteroatoms. The summed E-state index contributed by atoms with van der Waals surface area (Å²) >= 11 is 3.33. The monoisotopic (exact) mass is 390 g/mol. The molecule has 126 valence electrons. The van der Waals surface area contributed by atoms with E-state index in [9.17, 15) is 15.0 Å². The van der Waals surface area contributed by atoms with Crippen LogP contribution in [0.2, 0.25) is 0 Å². The second kappa shape index (κ2) is 8.63. The van der Waals surface area contributed by atoms with E-state index in [0.717, 1.165) is 10.2 Å². The molecule has 2 aromatic rings. The first-order valence-electron chi connectivity index (χ1n) is 7.38. The van der Waals surface area contributed by atoms with Gasteiger partial charge in [0.25, 0.3) is 0 Å².